The summed E-state index contributed by atoms with van der Waals surface area (Å²) in [5, 5.41) is 9.91. The van der Waals surface area contributed by atoms with Crippen LogP contribution in [0.1, 0.15) is 30.8 Å². The number of nitrogens with zero attached hydrogens (tertiary/aromatic N) is 2. The Morgan fingerprint density at radius 3 is 3.00 bits per heavy atom. The second-order valence-corrected chi connectivity index (χ2v) is 4.57. The lowest BCUT2D eigenvalue weighted by Crippen LogP contribution is -2.22. The van der Waals surface area contributed by atoms with Crippen LogP contribution in [0.5, 0.6) is 5.75 Å². The predicted octanol–water partition coefficient (Wildman–Crippen LogP) is 2.24. The highest BCUT2D eigenvalue weighted by Gasteiger charge is 2.15. The number of hydrogen-bond donors (Lipinski definition) is 2. The molecule has 1 unspecified atom stereocenters. The lowest BCUT2D eigenvalue weighted by Gasteiger charge is -2.17. The van der Waals surface area contributed by atoms with Crippen LogP contribution in [0.3, 0.4) is 0 Å². The van der Waals surface area contributed by atoms with Gasteiger partial charge in [-0.3, -0.25) is 5.10 Å². The largest absolute Gasteiger partial charge is 0.496 e. The fourth-order valence-electron chi connectivity index (χ4n) is 2.14. The molecule has 0 radical (unpaired) electrons. The second kappa shape index (κ2) is 7.00. The second-order valence-electron chi connectivity index (χ2n) is 4.57. The standard InChI is InChI=1S/C14H19FN4O/c1-10(14-11(15)5-3-6-12(14)20-2)16-8-4-7-13-17-9-18-19-13/h3,5-6,9-10,16H,4,7-8H2,1-2H3,(H,17,18,19). The van der Waals surface area contributed by atoms with Gasteiger partial charge in [-0.25, -0.2) is 9.37 Å². The van der Waals surface area contributed by atoms with Gasteiger partial charge in [0.2, 0.25) is 0 Å². The average molecular weight is 278 g/mol. The number of hydrogen-bond acceptors (Lipinski definition) is 4. The van der Waals surface area contributed by atoms with Crippen molar-refractivity contribution in [3.63, 3.8) is 0 Å². The van der Waals surface area contributed by atoms with Crippen molar-refractivity contribution in [1.29, 1.82) is 0 Å². The summed E-state index contributed by atoms with van der Waals surface area (Å²) in [5.74, 6) is 1.18. The van der Waals surface area contributed by atoms with E-state index in [1.807, 2.05) is 6.92 Å². The lowest BCUT2D eigenvalue weighted by molar-refractivity contribution is 0.393. The number of nitrogens with one attached hydrogen (secondary N) is 2. The Kier molecular flexibility index (Phi) is 5.06. The predicted molar refractivity (Wildman–Crippen MR) is 74.1 cm³/mol. The molecule has 0 fully saturated rings. The molecular formula is C14H19FN4O. The van der Waals surface area contributed by atoms with Crippen LogP contribution in [-0.4, -0.2) is 28.8 Å². The Morgan fingerprint density at radius 1 is 1.45 bits per heavy atom. The first-order valence-electron chi connectivity index (χ1n) is 6.62. The molecule has 20 heavy (non-hydrogen) atoms. The van der Waals surface area contributed by atoms with Crippen molar-refractivity contribution in [3.05, 3.63) is 41.7 Å². The van der Waals surface area contributed by atoms with E-state index in [9.17, 15) is 4.39 Å². The van der Waals surface area contributed by atoms with E-state index in [2.05, 4.69) is 20.5 Å². The molecule has 1 aromatic carbocycles. The monoisotopic (exact) mass is 278 g/mol. The van der Waals surface area contributed by atoms with E-state index in [4.69, 9.17) is 4.74 Å². The number of aromatic amines is 1. The maximum absolute atomic E-state index is 13.9. The van der Waals surface area contributed by atoms with Gasteiger partial charge in [0.1, 0.15) is 23.7 Å². The third-order valence-electron chi connectivity index (χ3n) is 3.17. The van der Waals surface area contributed by atoms with E-state index < -0.39 is 0 Å². The van der Waals surface area contributed by atoms with Crippen LogP contribution in [0.15, 0.2) is 24.5 Å². The molecule has 6 heteroatoms. The van der Waals surface area contributed by atoms with Crippen molar-refractivity contribution >= 4 is 0 Å². The molecule has 1 aromatic heterocycles. The Labute approximate surface area is 117 Å². The van der Waals surface area contributed by atoms with Crippen LogP contribution in [0, 0.1) is 5.82 Å². The van der Waals surface area contributed by atoms with E-state index in [0.29, 0.717) is 11.3 Å². The molecule has 1 atom stereocenters. The Hall–Kier alpha value is -1.95. The molecule has 1 heterocycles. The summed E-state index contributed by atoms with van der Waals surface area (Å²) >= 11 is 0. The lowest BCUT2D eigenvalue weighted by atomic mass is 10.1. The van der Waals surface area contributed by atoms with Crippen molar-refractivity contribution in [2.45, 2.75) is 25.8 Å². The Bertz CT molecular complexity index is 530. The first-order valence-corrected chi connectivity index (χ1v) is 6.62. The summed E-state index contributed by atoms with van der Waals surface area (Å²) in [7, 11) is 1.55. The summed E-state index contributed by atoms with van der Waals surface area (Å²) in [6, 6.07) is 4.75. The number of aryl methyl sites for hydroxylation is 1. The molecule has 2 rings (SSSR count). The van der Waals surface area contributed by atoms with Crippen molar-refractivity contribution in [2.75, 3.05) is 13.7 Å². The van der Waals surface area contributed by atoms with Crippen LogP contribution in [0.4, 0.5) is 4.39 Å². The number of rotatable bonds is 7. The normalized spacial score (nSPS) is 12.3. The van der Waals surface area contributed by atoms with Crippen LogP contribution in [0.25, 0.3) is 0 Å². The van der Waals surface area contributed by atoms with Crippen molar-refractivity contribution in [2.24, 2.45) is 0 Å². The van der Waals surface area contributed by atoms with Crippen molar-refractivity contribution < 1.29 is 9.13 Å². The van der Waals surface area contributed by atoms with Gasteiger partial charge in [-0.15, -0.1) is 0 Å². The zero-order valence-electron chi connectivity index (χ0n) is 11.7. The average Bonchev–Trinajstić information content (AvgIpc) is 2.96. The van der Waals surface area contributed by atoms with Crippen LogP contribution in [0.2, 0.25) is 0 Å². The van der Waals surface area contributed by atoms with E-state index in [1.165, 1.54) is 12.4 Å². The van der Waals surface area contributed by atoms with E-state index in [-0.39, 0.29) is 11.9 Å². The van der Waals surface area contributed by atoms with Crippen LogP contribution >= 0.6 is 0 Å². The molecular weight excluding hydrogens is 259 g/mol. The van der Waals surface area contributed by atoms with Gasteiger partial charge in [-0.2, -0.15) is 5.10 Å². The van der Waals surface area contributed by atoms with Gasteiger partial charge in [-0.05, 0) is 32.0 Å². The first kappa shape index (κ1) is 14.5. The molecule has 0 saturated heterocycles. The van der Waals surface area contributed by atoms with Crippen LogP contribution < -0.4 is 10.1 Å². The Morgan fingerprint density at radius 2 is 2.30 bits per heavy atom. The number of aromatic nitrogens is 3. The number of halogens is 1. The molecule has 2 aromatic rings. The molecule has 2 N–H and O–H groups in total. The fourth-order valence-corrected chi connectivity index (χ4v) is 2.14. The topological polar surface area (TPSA) is 62.8 Å². The maximum atomic E-state index is 13.9. The quantitative estimate of drug-likeness (QED) is 0.762. The molecule has 0 aliphatic carbocycles. The fraction of sp³-hybridized carbons (Fsp3) is 0.429. The molecule has 0 aliphatic rings. The van der Waals surface area contributed by atoms with Gasteiger partial charge in [0.15, 0.2) is 0 Å². The highest BCUT2D eigenvalue weighted by molar-refractivity contribution is 5.36. The summed E-state index contributed by atoms with van der Waals surface area (Å²) in [5.41, 5.74) is 0.565. The molecule has 0 spiro atoms. The summed E-state index contributed by atoms with van der Waals surface area (Å²) in [4.78, 5) is 4.06. The minimum absolute atomic E-state index is 0.110. The zero-order valence-corrected chi connectivity index (χ0v) is 11.7. The smallest absolute Gasteiger partial charge is 0.137 e. The third-order valence-corrected chi connectivity index (χ3v) is 3.17. The molecule has 0 aliphatic heterocycles. The van der Waals surface area contributed by atoms with Gasteiger partial charge >= 0.3 is 0 Å². The van der Waals surface area contributed by atoms with Crippen LogP contribution in [-0.2, 0) is 6.42 Å². The summed E-state index contributed by atoms with van der Waals surface area (Å²) < 4.78 is 19.1. The van der Waals surface area contributed by atoms with Gasteiger partial charge in [0.05, 0.1) is 7.11 Å². The molecule has 5 nitrogen and oxygen atoms in total. The van der Waals surface area contributed by atoms with Gasteiger partial charge in [-0.1, -0.05) is 6.07 Å². The third kappa shape index (κ3) is 3.54. The first-order chi connectivity index (χ1) is 9.72. The minimum atomic E-state index is -0.250. The van der Waals surface area contributed by atoms with E-state index in [0.717, 1.165) is 25.2 Å². The highest BCUT2D eigenvalue weighted by atomic mass is 19.1. The van der Waals surface area contributed by atoms with Gasteiger partial charge < -0.3 is 10.1 Å². The minimum Gasteiger partial charge on any atom is -0.496 e. The maximum Gasteiger partial charge on any atom is 0.137 e. The SMILES string of the molecule is COc1cccc(F)c1C(C)NCCCc1ncn[nH]1. The number of benzene rings is 1. The van der Waals surface area contributed by atoms with Crippen molar-refractivity contribution in [3.8, 4) is 5.75 Å². The number of ether oxygens (including phenoxy) is 1. The molecule has 108 valence electrons. The molecule has 0 bridgehead atoms. The summed E-state index contributed by atoms with van der Waals surface area (Å²) in [6.45, 7) is 2.69. The van der Waals surface area contributed by atoms with E-state index in [1.54, 1.807) is 19.2 Å². The highest BCUT2D eigenvalue weighted by Crippen LogP contribution is 2.27. The zero-order chi connectivity index (χ0) is 14.4. The molecule has 0 amide bonds. The van der Waals surface area contributed by atoms with E-state index >= 15 is 0 Å². The number of methoxy groups -OCH3 is 1. The van der Waals surface area contributed by atoms with Gasteiger partial charge in [0.25, 0.3) is 0 Å². The summed E-state index contributed by atoms with van der Waals surface area (Å²) in [6.07, 6.45) is 3.21. The van der Waals surface area contributed by atoms with Gasteiger partial charge in [0, 0.05) is 18.0 Å². The number of H-pyrrole nitrogens is 1. The van der Waals surface area contributed by atoms with Crippen molar-refractivity contribution in [1.82, 2.24) is 20.5 Å². The molecule has 0 saturated carbocycles. The Balaban J connectivity index is 1.87.